The molecule has 4 heterocycles. The first-order chi connectivity index (χ1) is 9.04. The third kappa shape index (κ3) is 2.71. The number of piperidine rings is 2. The van der Waals surface area contributed by atoms with Gasteiger partial charge in [0.15, 0.2) is 0 Å². The molecule has 0 N–H and O–H groups in total. The van der Waals surface area contributed by atoms with Crippen LogP contribution in [0.5, 0.6) is 0 Å². The molecule has 7 atom stereocenters. The van der Waals surface area contributed by atoms with Crippen molar-refractivity contribution in [3.05, 3.63) is 0 Å². The van der Waals surface area contributed by atoms with Crippen LogP contribution in [0.15, 0.2) is 0 Å². The van der Waals surface area contributed by atoms with E-state index >= 15 is 0 Å². The second kappa shape index (κ2) is 5.37. The van der Waals surface area contributed by atoms with Crippen LogP contribution in [-0.4, -0.2) is 48.6 Å². The highest BCUT2D eigenvalue weighted by Gasteiger charge is 2.41. The Kier molecular flexibility index (Phi) is 3.92. The average Bonchev–Trinajstić information content (AvgIpc) is 2.98. The predicted molar refractivity (Wildman–Crippen MR) is 81.2 cm³/mol. The smallest absolute Gasteiger partial charge is 0.0124 e. The normalized spacial score (nSPS) is 52.1. The molecule has 4 bridgehead atoms. The van der Waals surface area contributed by atoms with E-state index in [0.29, 0.717) is 0 Å². The Labute approximate surface area is 119 Å². The molecule has 7 unspecified atom stereocenters. The van der Waals surface area contributed by atoms with Crippen LogP contribution in [0.2, 0.25) is 0 Å². The van der Waals surface area contributed by atoms with Gasteiger partial charge in [0.1, 0.15) is 0 Å². The molecule has 0 aromatic rings. The van der Waals surface area contributed by atoms with Crippen LogP contribution >= 0.6 is 0 Å². The van der Waals surface area contributed by atoms with Crippen molar-refractivity contribution in [3.8, 4) is 0 Å². The average molecular weight is 264 g/mol. The van der Waals surface area contributed by atoms with Gasteiger partial charge >= 0.3 is 0 Å². The van der Waals surface area contributed by atoms with E-state index in [2.05, 4.69) is 37.6 Å². The van der Waals surface area contributed by atoms with E-state index in [4.69, 9.17) is 0 Å². The Bertz CT molecular complexity index is 312. The van der Waals surface area contributed by atoms with Crippen molar-refractivity contribution in [1.29, 1.82) is 0 Å². The van der Waals surface area contributed by atoms with Crippen molar-refractivity contribution in [3.63, 3.8) is 0 Å². The van der Waals surface area contributed by atoms with Crippen LogP contribution in [0.1, 0.15) is 46.5 Å². The Morgan fingerprint density at radius 2 is 1.68 bits per heavy atom. The van der Waals surface area contributed by atoms with E-state index in [-0.39, 0.29) is 0 Å². The van der Waals surface area contributed by atoms with Crippen molar-refractivity contribution in [2.75, 3.05) is 26.7 Å². The molecule has 110 valence electrons. The molecule has 4 aliphatic rings. The maximum atomic E-state index is 2.62. The number of fused-ring (bicyclic) bond motifs is 4. The molecule has 0 aliphatic carbocycles. The molecule has 19 heavy (non-hydrogen) atoms. The van der Waals surface area contributed by atoms with Gasteiger partial charge in [-0.25, -0.2) is 0 Å². The molecule has 0 aromatic heterocycles. The van der Waals surface area contributed by atoms with Crippen LogP contribution < -0.4 is 0 Å². The van der Waals surface area contributed by atoms with E-state index in [1.165, 1.54) is 45.3 Å². The maximum Gasteiger partial charge on any atom is 0.0124 e. The Hall–Kier alpha value is -0.0800. The second-order valence-corrected chi connectivity index (χ2v) is 7.96. The standard InChI is InChI=1S/C10H19N.C7H13N/c1-7-4-9-6-8(2)10(5-7)11(9)3;1-6-4-8-3-2-7(6)5-8/h7-10H,4-6H2,1-3H3;6-7H,2-5H2,1H3. The Morgan fingerprint density at radius 3 is 2.16 bits per heavy atom. The highest BCUT2D eigenvalue weighted by molar-refractivity contribution is 4.95. The van der Waals surface area contributed by atoms with E-state index in [1.54, 1.807) is 0 Å². The lowest BCUT2D eigenvalue weighted by Gasteiger charge is -2.35. The van der Waals surface area contributed by atoms with Gasteiger partial charge in [0.05, 0.1) is 0 Å². The van der Waals surface area contributed by atoms with Crippen molar-refractivity contribution < 1.29 is 0 Å². The van der Waals surface area contributed by atoms with Crippen LogP contribution in [0, 0.1) is 23.7 Å². The molecule has 2 heteroatoms. The van der Waals surface area contributed by atoms with Gasteiger partial charge in [-0.05, 0) is 62.9 Å². The van der Waals surface area contributed by atoms with Gasteiger partial charge in [0, 0.05) is 25.2 Å². The second-order valence-electron chi connectivity index (χ2n) is 7.96. The van der Waals surface area contributed by atoms with Crippen LogP contribution in [-0.2, 0) is 0 Å². The zero-order valence-electron chi connectivity index (χ0n) is 13.3. The number of rotatable bonds is 0. The molecular weight excluding hydrogens is 232 g/mol. The third-order valence-electron chi connectivity index (χ3n) is 6.38. The van der Waals surface area contributed by atoms with Gasteiger partial charge in [-0.15, -0.1) is 0 Å². The van der Waals surface area contributed by atoms with Gasteiger partial charge in [-0.2, -0.15) is 0 Å². The maximum absolute atomic E-state index is 2.62. The lowest BCUT2D eigenvalue weighted by Crippen LogP contribution is -2.40. The molecule has 4 fully saturated rings. The minimum atomic E-state index is 0.906. The minimum absolute atomic E-state index is 0.906. The fraction of sp³-hybridized carbons (Fsp3) is 1.00. The molecule has 0 spiro atoms. The van der Waals surface area contributed by atoms with Crippen molar-refractivity contribution in [2.24, 2.45) is 23.7 Å². The fourth-order valence-corrected chi connectivity index (χ4v) is 5.11. The number of hydrogen-bond acceptors (Lipinski definition) is 2. The fourth-order valence-electron chi connectivity index (χ4n) is 5.11. The van der Waals surface area contributed by atoms with Crippen molar-refractivity contribution in [2.45, 2.75) is 58.5 Å². The summed E-state index contributed by atoms with van der Waals surface area (Å²) in [5.74, 6) is 4.00. The van der Waals surface area contributed by atoms with Gasteiger partial charge < -0.3 is 9.80 Å². The molecule has 0 amide bonds. The molecule has 4 saturated heterocycles. The summed E-state index contributed by atoms with van der Waals surface area (Å²) in [7, 11) is 2.31. The van der Waals surface area contributed by atoms with E-state index in [9.17, 15) is 0 Å². The summed E-state index contributed by atoms with van der Waals surface area (Å²) >= 11 is 0. The summed E-state index contributed by atoms with van der Waals surface area (Å²) in [6.45, 7) is 11.4. The minimum Gasteiger partial charge on any atom is -0.303 e. The molecular formula is C17H32N2. The van der Waals surface area contributed by atoms with E-state index in [1.807, 2.05) is 0 Å². The summed E-state index contributed by atoms with van der Waals surface area (Å²) in [4.78, 5) is 5.19. The molecule has 0 saturated carbocycles. The van der Waals surface area contributed by atoms with Gasteiger partial charge in [-0.3, -0.25) is 0 Å². The molecule has 4 rings (SSSR count). The highest BCUT2D eigenvalue weighted by Crippen LogP contribution is 2.40. The summed E-state index contributed by atoms with van der Waals surface area (Å²) < 4.78 is 0. The third-order valence-corrected chi connectivity index (χ3v) is 6.38. The van der Waals surface area contributed by atoms with E-state index < -0.39 is 0 Å². The zero-order valence-corrected chi connectivity index (χ0v) is 13.3. The molecule has 2 nitrogen and oxygen atoms in total. The van der Waals surface area contributed by atoms with Crippen LogP contribution in [0.3, 0.4) is 0 Å². The van der Waals surface area contributed by atoms with E-state index in [0.717, 1.165) is 35.8 Å². The first-order valence-electron chi connectivity index (χ1n) is 8.49. The lowest BCUT2D eigenvalue weighted by molar-refractivity contribution is 0.132. The highest BCUT2D eigenvalue weighted by atomic mass is 15.2. The monoisotopic (exact) mass is 264 g/mol. The van der Waals surface area contributed by atoms with Crippen LogP contribution in [0.25, 0.3) is 0 Å². The largest absolute Gasteiger partial charge is 0.303 e. The van der Waals surface area contributed by atoms with Gasteiger partial charge in [-0.1, -0.05) is 20.8 Å². The first kappa shape index (κ1) is 13.9. The summed E-state index contributed by atoms with van der Waals surface area (Å²) in [6, 6.07) is 1.82. The lowest BCUT2D eigenvalue weighted by atomic mass is 9.92. The number of hydrogen-bond donors (Lipinski definition) is 0. The van der Waals surface area contributed by atoms with Gasteiger partial charge in [0.2, 0.25) is 0 Å². The van der Waals surface area contributed by atoms with Gasteiger partial charge in [0.25, 0.3) is 0 Å². The molecule has 0 radical (unpaired) electrons. The zero-order chi connectivity index (χ0) is 13.6. The molecule has 0 aromatic carbocycles. The summed E-state index contributed by atoms with van der Waals surface area (Å²) in [5.41, 5.74) is 0. The number of nitrogens with zero attached hydrogens (tertiary/aromatic N) is 2. The molecule has 4 aliphatic heterocycles. The Balaban J connectivity index is 0.000000122. The summed E-state index contributed by atoms with van der Waals surface area (Å²) in [5, 5.41) is 0. The van der Waals surface area contributed by atoms with Crippen molar-refractivity contribution >= 4 is 0 Å². The first-order valence-corrected chi connectivity index (χ1v) is 8.49. The van der Waals surface area contributed by atoms with Crippen molar-refractivity contribution in [1.82, 2.24) is 9.80 Å². The Morgan fingerprint density at radius 1 is 0.895 bits per heavy atom. The quantitative estimate of drug-likeness (QED) is 0.663. The predicted octanol–water partition coefficient (Wildman–Crippen LogP) is 3.08. The SMILES string of the molecule is CC1CC2CC(C)C(C1)N2C.CC1CN2CCC1C2. The topological polar surface area (TPSA) is 6.48 Å². The van der Waals surface area contributed by atoms with Crippen LogP contribution in [0.4, 0.5) is 0 Å². The summed E-state index contributed by atoms with van der Waals surface area (Å²) in [6.07, 6.45) is 5.80.